The van der Waals surface area contributed by atoms with E-state index in [0.29, 0.717) is 18.9 Å². The predicted molar refractivity (Wildman–Crippen MR) is 73.4 cm³/mol. The van der Waals surface area contributed by atoms with E-state index in [4.69, 9.17) is 4.74 Å². The second kappa shape index (κ2) is 6.72. The zero-order valence-electron chi connectivity index (χ0n) is 11.9. The van der Waals surface area contributed by atoms with Crippen molar-refractivity contribution in [2.24, 2.45) is 0 Å². The normalized spacial score (nSPS) is 16.8. The molecule has 2 rings (SSSR count). The van der Waals surface area contributed by atoms with Gasteiger partial charge in [-0.1, -0.05) is 19.3 Å². The van der Waals surface area contributed by atoms with E-state index in [2.05, 4.69) is 5.32 Å². The summed E-state index contributed by atoms with van der Waals surface area (Å²) in [5.41, 5.74) is -1.28. The molecule has 2 N–H and O–H groups in total. The Hall–Kier alpha value is -2.18. The minimum atomic E-state index is -1.28. The Morgan fingerprint density at radius 2 is 1.91 bits per heavy atom. The Labute approximate surface area is 126 Å². The number of carboxylic acid groups (broad SMARTS) is 1. The molecular formula is C15H17F2NO4. The molecule has 7 heteroatoms. The molecule has 0 unspecified atom stereocenters. The Morgan fingerprint density at radius 3 is 2.50 bits per heavy atom. The highest BCUT2D eigenvalue weighted by Crippen LogP contribution is 2.28. The summed E-state index contributed by atoms with van der Waals surface area (Å²) in [6.07, 6.45) is 3.10. The zero-order chi connectivity index (χ0) is 16.2. The second-order valence-electron chi connectivity index (χ2n) is 5.36. The van der Waals surface area contributed by atoms with Crippen LogP contribution < -0.4 is 10.1 Å². The molecule has 1 aliphatic carbocycles. The smallest absolute Gasteiger partial charge is 0.329 e. The molecule has 1 aliphatic rings. The lowest BCUT2D eigenvalue weighted by Crippen LogP contribution is -2.56. The Morgan fingerprint density at radius 1 is 1.23 bits per heavy atom. The lowest BCUT2D eigenvalue weighted by molar-refractivity contribution is -0.149. The van der Waals surface area contributed by atoms with Gasteiger partial charge in [0.05, 0.1) is 0 Å². The second-order valence-corrected chi connectivity index (χ2v) is 5.36. The molecule has 0 spiro atoms. The van der Waals surface area contributed by atoms with Crippen LogP contribution in [-0.4, -0.2) is 29.1 Å². The number of hydrogen-bond acceptors (Lipinski definition) is 3. The van der Waals surface area contributed by atoms with E-state index < -0.39 is 35.7 Å². The maximum Gasteiger partial charge on any atom is 0.329 e. The molecule has 0 heterocycles. The van der Waals surface area contributed by atoms with Crippen molar-refractivity contribution in [3.05, 3.63) is 29.8 Å². The topological polar surface area (TPSA) is 75.6 Å². The largest absolute Gasteiger partial charge is 0.481 e. The van der Waals surface area contributed by atoms with E-state index in [1.54, 1.807) is 0 Å². The summed E-state index contributed by atoms with van der Waals surface area (Å²) >= 11 is 0. The Kier molecular flexibility index (Phi) is 4.95. The average molecular weight is 313 g/mol. The first-order valence-electron chi connectivity index (χ1n) is 7.05. The van der Waals surface area contributed by atoms with Crippen molar-refractivity contribution in [1.29, 1.82) is 0 Å². The maximum atomic E-state index is 13.4. The number of aliphatic carboxylic acids is 1. The number of nitrogens with one attached hydrogen (secondary N) is 1. The number of carbonyl (C=O) groups excluding carboxylic acids is 1. The first-order chi connectivity index (χ1) is 10.4. The molecule has 1 saturated carbocycles. The van der Waals surface area contributed by atoms with Gasteiger partial charge in [0.1, 0.15) is 11.4 Å². The Balaban J connectivity index is 1.95. The van der Waals surface area contributed by atoms with Crippen LogP contribution in [-0.2, 0) is 9.59 Å². The van der Waals surface area contributed by atoms with E-state index in [0.717, 1.165) is 31.4 Å². The molecule has 0 atom stereocenters. The molecular weight excluding hydrogens is 296 g/mol. The van der Waals surface area contributed by atoms with Crippen molar-refractivity contribution < 1.29 is 28.2 Å². The molecule has 0 aromatic heterocycles. The first-order valence-corrected chi connectivity index (χ1v) is 7.05. The SMILES string of the molecule is O=C(COc1ccc(F)cc1F)NC1(C(=O)O)CCCCC1. The van der Waals surface area contributed by atoms with Crippen LogP contribution in [0.2, 0.25) is 0 Å². The predicted octanol–water partition coefficient (Wildman–Crippen LogP) is 2.25. The third kappa shape index (κ3) is 3.72. The summed E-state index contributed by atoms with van der Waals surface area (Å²) in [6, 6.07) is 2.73. The fourth-order valence-electron chi connectivity index (χ4n) is 2.59. The van der Waals surface area contributed by atoms with Gasteiger partial charge in [0.25, 0.3) is 5.91 Å². The van der Waals surface area contributed by atoms with Crippen LogP contribution in [0.4, 0.5) is 8.78 Å². The van der Waals surface area contributed by atoms with Crippen LogP contribution in [0.15, 0.2) is 18.2 Å². The van der Waals surface area contributed by atoms with E-state index in [1.807, 2.05) is 0 Å². The zero-order valence-corrected chi connectivity index (χ0v) is 11.9. The van der Waals surface area contributed by atoms with Gasteiger partial charge in [-0.15, -0.1) is 0 Å². The summed E-state index contributed by atoms with van der Waals surface area (Å²) in [4.78, 5) is 23.3. The van der Waals surface area contributed by atoms with E-state index >= 15 is 0 Å². The molecule has 5 nitrogen and oxygen atoms in total. The number of hydrogen-bond donors (Lipinski definition) is 2. The van der Waals surface area contributed by atoms with Crippen molar-refractivity contribution >= 4 is 11.9 Å². The van der Waals surface area contributed by atoms with E-state index in [9.17, 15) is 23.5 Å². The monoisotopic (exact) mass is 313 g/mol. The van der Waals surface area contributed by atoms with Gasteiger partial charge in [-0.25, -0.2) is 13.6 Å². The summed E-state index contributed by atoms with van der Waals surface area (Å²) in [6.45, 7) is -0.530. The molecule has 1 aromatic carbocycles. The average Bonchev–Trinajstić information content (AvgIpc) is 2.47. The summed E-state index contributed by atoms with van der Waals surface area (Å²) in [5, 5.41) is 11.8. The molecule has 0 aliphatic heterocycles. The van der Waals surface area contributed by atoms with Crippen LogP contribution in [0.3, 0.4) is 0 Å². The van der Waals surface area contributed by atoms with Gasteiger partial charge in [0, 0.05) is 6.07 Å². The molecule has 0 saturated heterocycles. The van der Waals surface area contributed by atoms with Crippen molar-refractivity contribution in [1.82, 2.24) is 5.32 Å². The third-order valence-electron chi connectivity index (χ3n) is 3.75. The van der Waals surface area contributed by atoms with Crippen LogP contribution in [0, 0.1) is 11.6 Å². The van der Waals surface area contributed by atoms with Gasteiger partial charge in [0.15, 0.2) is 18.2 Å². The quantitative estimate of drug-likeness (QED) is 0.874. The van der Waals surface area contributed by atoms with Crippen LogP contribution in [0.1, 0.15) is 32.1 Å². The minimum Gasteiger partial charge on any atom is -0.481 e. The van der Waals surface area contributed by atoms with Crippen molar-refractivity contribution in [2.75, 3.05) is 6.61 Å². The van der Waals surface area contributed by atoms with Crippen LogP contribution in [0.25, 0.3) is 0 Å². The molecule has 1 aromatic rings. The number of ether oxygens (including phenoxy) is 1. The molecule has 22 heavy (non-hydrogen) atoms. The number of halogens is 2. The van der Waals surface area contributed by atoms with Crippen LogP contribution in [0.5, 0.6) is 5.75 Å². The molecule has 0 radical (unpaired) electrons. The fourth-order valence-corrected chi connectivity index (χ4v) is 2.59. The molecule has 120 valence electrons. The van der Waals surface area contributed by atoms with Crippen molar-refractivity contribution in [2.45, 2.75) is 37.6 Å². The number of benzene rings is 1. The van der Waals surface area contributed by atoms with Crippen molar-refractivity contribution in [3.63, 3.8) is 0 Å². The van der Waals surface area contributed by atoms with Gasteiger partial charge in [0.2, 0.25) is 0 Å². The minimum absolute atomic E-state index is 0.260. The molecule has 1 amide bonds. The number of carbonyl (C=O) groups is 2. The number of amides is 1. The van der Waals surface area contributed by atoms with Gasteiger partial charge >= 0.3 is 5.97 Å². The van der Waals surface area contributed by atoms with E-state index in [1.165, 1.54) is 0 Å². The summed E-state index contributed by atoms with van der Waals surface area (Å²) < 4.78 is 31.1. The Bertz CT molecular complexity index is 571. The van der Waals surface area contributed by atoms with Crippen LogP contribution >= 0.6 is 0 Å². The van der Waals surface area contributed by atoms with E-state index in [-0.39, 0.29) is 5.75 Å². The fraction of sp³-hybridized carbons (Fsp3) is 0.467. The standard InChI is InChI=1S/C15H17F2NO4/c16-10-4-5-12(11(17)8-10)22-9-13(19)18-15(14(20)21)6-2-1-3-7-15/h4-5,8H,1-3,6-7,9H2,(H,18,19)(H,20,21). The molecule has 0 bridgehead atoms. The highest BCUT2D eigenvalue weighted by atomic mass is 19.1. The van der Waals surface area contributed by atoms with Gasteiger partial charge in [-0.2, -0.15) is 0 Å². The number of rotatable bonds is 5. The summed E-state index contributed by atoms with van der Waals surface area (Å²) in [7, 11) is 0. The lowest BCUT2D eigenvalue weighted by atomic mass is 9.81. The first kappa shape index (κ1) is 16.2. The highest BCUT2D eigenvalue weighted by molar-refractivity contribution is 5.87. The lowest BCUT2D eigenvalue weighted by Gasteiger charge is -2.33. The highest BCUT2D eigenvalue weighted by Gasteiger charge is 2.40. The van der Waals surface area contributed by atoms with Gasteiger partial charge < -0.3 is 15.2 Å². The van der Waals surface area contributed by atoms with Gasteiger partial charge in [-0.05, 0) is 25.0 Å². The number of carboxylic acids is 1. The van der Waals surface area contributed by atoms with Gasteiger partial charge in [-0.3, -0.25) is 4.79 Å². The van der Waals surface area contributed by atoms with Crippen molar-refractivity contribution in [3.8, 4) is 5.75 Å². The molecule has 1 fully saturated rings. The third-order valence-corrected chi connectivity index (χ3v) is 3.75. The summed E-state index contributed by atoms with van der Waals surface area (Å²) in [5.74, 6) is -3.65. The maximum absolute atomic E-state index is 13.4.